The minimum atomic E-state index is -2.76. The first-order chi connectivity index (χ1) is 16.3. The molecule has 2 aromatic rings. The number of halogens is 2. The van der Waals surface area contributed by atoms with Gasteiger partial charge < -0.3 is 19.9 Å². The van der Waals surface area contributed by atoms with Gasteiger partial charge in [0.1, 0.15) is 23.9 Å². The number of para-hydroxylation sites is 2. The molecule has 0 spiro atoms. The summed E-state index contributed by atoms with van der Waals surface area (Å²) in [5, 5.41) is 10.0. The average Bonchev–Trinajstić information content (AvgIpc) is 2.86. The van der Waals surface area contributed by atoms with E-state index in [1.54, 1.807) is 36.4 Å². The molecule has 1 atom stereocenters. The topological polar surface area (TPSA) is 115 Å². The maximum absolute atomic E-state index is 13.0. The molecular formula is C24H21F2N3O5. The van der Waals surface area contributed by atoms with E-state index in [2.05, 4.69) is 0 Å². The molecule has 3 rings (SSSR count). The number of allylic oxidation sites excluding steroid dienone is 1. The summed E-state index contributed by atoms with van der Waals surface area (Å²) in [6, 6.07) is 16.4. The molecule has 1 aliphatic heterocycles. The van der Waals surface area contributed by atoms with Crippen LogP contribution in [0.2, 0.25) is 0 Å². The molecule has 1 heterocycles. The fourth-order valence-corrected chi connectivity index (χ4v) is 3.68. The first-order valence-corrected chi connectivity index (χ1v) is 10.0. The number of anilines is 1. The number of alkyl halides is 2. The van der Waals surface area contributed by atoms with Gasteiger partial charge in [0, 0.05) is 0 Å². The van der Waals surface area contributed by atoms with Crippen molar-refractivity contribution in [2.75, 3.05) is 25.7 Å². The molecule has 0 amide bonds. The molecule has 0 bridgehead atoms. The maximum atomic E-state index is 13.0. The third kappa shape index (κ3) is 4.54. The highest BCUT2D eigenvalue weighted by atomic mass is 19.3. The molecule has 176 valence electrons. The number of esters is 2. The van der Waals surface area contributed by atoms with E-state index in [1.165, 1.54) is 18.2 Å². The molecule has 8 nitrogen and oxygen atoms in total. The normalized spacial score (nSPS) is 15.8. The lowest BCUT2D eigenvalue weighted by atomic mass is 9.81. The van der Waals surface area contributed by atoms with Gasteiger partial charge in [0.05, 0.1) is 43.0 Å². The van der Waals surface area contributed by atoms with Crippen molar-refractivity contribution in [1.82, 2.24) is 0 Å². The first kappa shape index (κ1) is 24.3. The van der Waals surface area contributed by atoms with Crippen molar-refractivity contribution < 1.29 is 32.6 Å². The molecule has 0 aliphatic carbocycles. The fraction of sp³-hybridized carbons (Fsp3) is 0.208. The highest BCUT2D eigenvalue weighted by molar-refractivity contribution is 6.06. The molecule has 0 aromatic heterocycles. The van der Waals surface area contributed by atoms with Crippen LogP contribution in [0.15, 0.2) is 77.3 Å². The Morgan fingerprint density at radius 2 is 1.68 bits per heavy atom. The number of carbonyl (C=O) groups is 2. The third-order valence-electron chi connectivity index (χ3n) is 5.08. The van der Waals surface area contributed by atoms with E-state index in [0.717, 1.165) is 19.1 Å². The molecule has 2 N–H and O–H groups in total. The van der Waals surface area contributed by atoms with Crippen LogP contribution in [-0.2, 0) is 19.1 Å². The van der Waals surface area contributed by atoms with E-state index in [0.29, 0.717) is 5.56 Å². The Balaban J connectivity index is 2.37. The number of rotatable bonds is 7. The van der Waals surface area contributed by atoms with Crippen LogP contribution in [0, 0.1) is 11.3 Å². The third-order valence-corrected chi connectivity index (χ3v) is 5.08. The molecule has 10 heteroatoms. The van der Waals surface area contributed by atoms with Crippen molar-refractivity contribution in [3.8, 4) is 11.8 Å². The van der Waals surface area contributed by atoms with Gasteiger partial charge in [-0.05, 0) is 17.7 Å². The predicted octanol–water partition coefficient (Wildman–Crippen LogP) is 3.23. The molecule has 34 heavy (non-hydrogen) atoms. The van der Waals surface area contributed by atoms with Crippen molar-refractivity contribution in [2.45, 2.75) is 12.3 Å². The highest BCUT2D eigenvalue weighted by Gasteiger charge is 2.43. The number of nitrogens with zero attached hydrogens (tertiary/aromatic N) is 2. The van der Waals surface area contributed by atoms with Gasteiger partial charge in [0.15, 0.2) is 0 Å². The van der Waals surface area contributed by atoms with E-state index in [9.17, 15) is 23.6 Å². The Bertz CT molecular complexity index is 1190. The zero-order valence-electron chi connectivity index (χ0n) is 18.3. The zero-order valence-corrected chi connectivity index (χ0v) is 18.3. The van der Waals surface area contributed by atoms with Crippen LogP contribution in [0.4, 0.5) is 14.5 Å². The van der Waals surface area contributed by atoms with E-state index in [4.69, 9.17) is 19.9 Å². The minimum absolute atomic E-state index is 0.0492. The van der Waals surface area contributed by atoms with Gasteiger partial charge in [-0.25, -0.2) is 18.4 Å². The average molecular weight is 469 g/mol. The molecule has 0 saturated carbocycles. The van der Waals surface area contributed by atoms with Crippen LogP contribution in [-0.4, -0.2) is 39.2 Å². The Morgan fingerprint density at radius 3 is 2.26 bits per heavy atom. The summed E-state index contributed by atoms with van der Waals surface area (Å²) in [5.74, 6) is -3.14. The smallest absolute Gasteiger partial charge is 0.355 e. The number of benzene rings is 2. The lowest BCUT2D eigenvalue weighted by molar-refractivity contribution is -0.139. The number of methoxy groups -OCH3 is 2. The first-order valence-electron chi connectivity index (χ1n) is 10.0. The largest absolute Gasteiger partial charge is 0.485 e. The molecule has 1 aliphatic rings. The van der Waals surface area contributed by atoms with E-state index in [1.807, 2.05) is 6.07 Å². The summed E-state index contributed by atoms with van der Waals surface area (Å²) in [7, 11) is 2.24. The molecule has 2 aromatic carbocycles. The summed E-state index contributed by atoms with van der Waals surface area (Å²) in [6.07, 6.45) is -2.76. The minimum Gasteiger partial charge on any atom is -0.485 e. The van der Waals surface area contributed by atoms with Crippen LogP contribution < -0.4 is 15.4 Å². The highest BCUT2D eigenvalue weighted by Crippen LogP contribution is 2.45. The van der Waals surface area contributed by atoms with Gasteiger partial charge in [-0.1, -0.05) is 42.5 Å². The number of hydrogen-bond donors (Lipinski definition) is 1. The summed E-state index contributed by atoms with van der Waals surface area (Å²) >= 11 is 0. The second kappa shape index (κ2) is 10.5. The number of nitrogens with two attached hydrogens (primary N) is 1. The van der Waals surface area contributed by atoms with E-state index in [-0.39, 0.29) is 34.1 Å². The molecule has 0 fully saturated rings. The summed E-state index contributed by atoms with van der Waals surface area (Å²) in [4.78, 5) is 27.1. The summed E-state index contributed by atoms with van der Waals surface area (Å²) < 4.78 is 40.8. The lowest BCUT2D eigenvalue weighted by Gasteiger charge is -2.36. The van der Waals surface area contributed by atoms with Crippen LogP contribution in [0.25, 0.3) is 0 Å². The van der Waals surface area contributed by atoms with Gasteiger partial charge in [-0.3, -0.25) is 4.90 Å². The number of nitriles is 1. The van der Waals surface area contributed by atoms with Gasteiger partial charge in [-0.2, -0.15) is 5.26 Å². The second-order valence-electron chi connectivity index (χ2n) is 7.01. The maximum Gasteiger partial charge on any atom is 0.355 e. The number of ether oxygens (including phenoxy) is 3. The standard InChI is InChI=1S/C24H21F2N3O5/c1-32-23(30)20-19(14-8-4-3-5-9-14)15(12-27)22(28)29(21(20)24(31)33-2)16-10-6-7-11-17(16)34-13-18(25)26/h3-11,18-19H,13,28H2,1-2H3. The van der Waals surface area contributed by atoms with Crippen molar-refractivity contribution in [1.29, 1.82) is 5.26 Å². The number of carbonyl (C=O) groups excluding carboxylic acids is 2. The van der Waals surface area contributed by atoms with Crippen LogP contribution in [0.3, 0.4) is 0 Å². The van der Waals surface area contributed by atoms with Crippen molar-refractivity contribution in [3.63, 3.8) is 0 Å². The van der Waals surface area contributed by atoms with Crippen molar-refractivity contribution >= 4 is 17.6 Å². The number of hydrogen-bond acceptors (Lipinski definition) is 8. The lowest BCUT2D eigenvalue weighted by Crippen LogP contribution is -2.41. The van der Waals surface area contributed by atoms with Gasteiger partial charge in [0.2, 0.25) is 0 Å². The van der Waals surface area contributed by atoms with Crippen LogP contribution >= 0.6 is 0 Å². The monoisotopic (exact) mass is 469 g/mol. The molecule has 1 unspecified atom stereocenters. The van der Waals surface area contributed by atoms with Crippen molar-refractivity contribution in [2.24, 2.45) is 5.73 Å². The second-order valence-corrected chi connectivity index (χ2v) is 7.01. The van der Waals surface area contributed by atoms with Gasteiger partial charge in [-0.15, -0.1) is 0 Å². The summed E-state index contributed by atoms with van der Waals surface area (Å²) in [5.41, 5.74) is 6.37. The Labute approximate surface area is 194 Å². The van der Waals surface area contributed by atoms with Crippen LogP contribution in [0.5, 0.6) is 5.75 Å². The Kier molecular flexibility index (Phi) is 7.48. The van der Waals surface area contributed by atoms with E-state index < -0.39 is 30.9 Å². The van der Waals surface area contributed by atoms with E-state index >= 15 is 0 Å². The van der Waals surface area contributed by atoms with Gasteiger partial charge in [0.25, 0.3) is 6.43 Å². The fourth-order valence-electron chi connectivity index (χ4n) is 3.68. The molecule has 0 radical (unpaired) electrons. The van der Waals surface area contributed by atoms with Crippen molar-refractivity contribution in [3.05, 3.63) is 82.8 Å². The van der Waals surface area contributed by atoms with Gasteiger partial charge >= 0.3 is 11.9 Å². The Hall–Kier alpha value is -4.39. The quantitative estimate of drug-likeness (QED) is 0.615. The Morgan fingerprint density at radius 1 is 1.06 bits per heavy atom. The van der Waals surface area contributed by atoms with Crippen LogP contribution in [0.1, 0.15) is 11.5 Å². The molecular weight excluding hydrogens is 448 g/mol. The summed E-state index contributed by atoms with van der Waals surface area (Å²) in [6.45, 7) is -0.923. The SMILES string of the molecule is COC(=O)C1=C(C(=O)OC)N(c2ccccc2OCC(F)F)C(N)=C(C#N)C1c1ccccc1. The predicted molar refractivity (Wildman–Crippen MR) is 117 cm³/mol. The molecule has 0 saturated heterocycles. The zero-order chi connectivity index (χ0) is 24.8.